The number of hydrogen-bond donors (Lipinski definition) is 6. The van der Waals surface area contributed by atoms with E-state index in [4.69, 9.17) is 0 Å². The minimum Gasteiger partial charge on any atom is -0.396 e. The molecule has 2 heterocycles. The summed E-state index contributed by atoms with van der Waals surface area (Å²) in [5.41, 5.74) is 0.757. The Kier molecular flexibility index (Phi) is 4.94. The van der Waals surface area contributed by atoms with E-state index in [1.165, 1.54) is 11.3 Å². The highest BCUT2D eigenvalue weighted by Crippen LogP contribution is 2.35. The van der Waals surface area contributed by atoms with E-state index >= 15 is 0 Å². The average molecular weight is 430 g/mol. The van der Waals surface area contributed by atoms with Gasteiger partial charge in [0.15, 0.2) is 0 Å². The first kappa shape index (κ1) is 19.4. The number of thiazole rings is 1. The fourth-order valence-electron chi connectivity index (χ4n) is 3.87. The van der Waals surface area contributed by atoms with Crippen LogP contribution in [0.15, 0.2) is 29.1 Å². The zero-order valence-electron chi connectivity index (χ0n) is 16.1. The van der Waals surface area contributed by atoms with Gasteiger partial charge in [-0.25, -0.2) is 4.98 Å². The van der Waals surface area contributed by atoms with Gasteiger partial charge in [-0.3, -0.25) is 9.78 Å². The first-order chi connectivity index (χ1) is 14.5. The molecule has 30 heavy (non-hydrogen) atoms. The molecular weight excluding hydrogens is 406 g/mol. The van der Waals surface area contributed by atoms with Crippen molar-refractivity contribution in [3.05, 3.63) is 34.6 Å². The van der Waals surface area contributed by atoms with E-state index in [2.05, 4.69) is 25.6 Å². The first-order valence-electron chi connectivity index (χ1n) is 10.0. The largest absolute Gasteiger partial charge is 0.396 e. The molecule has 158 valence electrons. The highest BCUT2D eigenvalue weighted by Gasteiger charge is 2.41. The van der Waals surface area contributed by atoms with Crippen LogP contribution in [-0.4, -0.2) is 61.2 Å². The van der Waals surface area contributed by atoms with Crippen molar-refractivity contribution in [2.45, 2.75) is 43.6 Å². The van der Waals surface area contributed by atoms with Gasteiger partial charge in [-0.1, -0.05) is 12.1 Å². The summed E-state index contributed by atoms with van der Waals surface area (Å²) >= 11 is 1.39. The molecule has 1 aromatic carbocycles. The van der Waals surface area contributed by atoms with Crippen molar-refractivity contribution in [3.63, 3.8) is 0 Å². The van der Waals surface area contributed by atoms with Gasteiger partial charge < -0.3 is 26.0 Å². The van der Waals surface area contributed by atoms with Crippen LogP contribution in [0.3, 0.4) is 0 Å². The Hall–Kier alpha value is -2.53. The van der Waals surface area contributed by atoms with Gasteiger partial charge >= 0.3 is 0 Å². The van der Waals surface area contributed by atoms with Crippen LogP contribution in [0.2, 0.25) is 0 Å². The Morgan fingerprint density at radius 1 is 1.13 bits per heavy atom. The number of aromatic nitrogens is 3. The zero-order valence-corrected chi connectivity index (χ0v) is 16.9. The van der Waals surface area contributed by atoms with E-state index < -0.39 is 24.2 Å². The molecule has 0 unspecified atom stereocenters. The summed E-state index contributed by atoms with van der Waals surface area (Å²) in [7, 11) is 0. The normalized spacial score (nSPS) is 26.2. The topological polar surface area (TPSA) is 143 Å². The molecule has 5 rings (SSSR count). The summed E-state index contributed by atoms with van der Waals surface area (Å²) in [6.45, 7) is -0.224. The third-order valence-electron chi connectivity index (χ3n) is 5.70. The van der Waals surface area contributed by atoms with Gasteiger partial charge in [0.2, 0.25) is 5.95 Å². The van der Waals surface area contributed by atoms with E-state index in [0.717, 1.165) is 23.1 Å². The molecule has 0 aliphatic heterocycles. The second-order valence-corrected chi connectivity index (χ2v) is 8.98. The molecule has 3 aromatic rings. The second kappa shape index (κ2) is 7.62. The Bertz CT molecular complexity index is 1090. The Balaban J connectivity index is 1.56. The van der Waals surface area contributed by atoms with Gasteiger partial charge in [0.05, 0.1) is 22.4 Å². The average Bonchev–Trinajstić information content (AvgIpc) is 3.37. The summed E-state index contributed by atoms with van der Waals surface area (Å²) in [4.78, 5) is 25.0. The van der Waals surface area contributed by atoms with Crippen molar-refractivity contribution in [1.29, 1.82) is 0 Å². The lowest BCUT2D eigenvalue weighted by Crippen LogP contribution is -2.36. The summed E-state index contributed by atoms with van der Waals surface area (Å²) in [6, 6.07) is 7.38. The number of aliphatic hydroxyl groups is 3. The summed E-state index contributed by atoms with van der Waals surface area (Å²) in [5.74, 6) is 0.229. The highest BCUT2D eigenvalue weighted by molar-refractivity contribution is 7.21. The number of fused-ring (bicyclic) bond motifs is 1. The maximum atomic E-state index is 13.0. The minimum atomic E-state index is -1.08. The maximum Gasteiger partial charge on any atom is 0.264 e. The number of hydrogen-bond acceptors (Lipinski definition) is 9. The number of anilines is 2. The van der Waals surface area contributed by atoms with Crippen molar-refractivity contribution in [2.24, 2.45) is 5.92 Å². The fourth-order valence-corrected chi connectivity index (χ4v) is 4.88. The molecule has 10 heteroatoms. The quantitative estimate of drug-likeness (QED) is 0.342. The zero-order chi connectivity index (χ0) is 20.8. The van der Waals surface area contributed by atoms with Gasteiger partial charge in [-0.15, -0.1) is 11.3 Å². The minimum absolute atomic E-state index is 0.224. The smallest absolute Gasteiger partial charge is 0.264 e. The van der Waals surface area contributed by atoms with E-state index in [1.807, 2.05) is 24.3 Å². The summed E-state index contributed by atoms with van der Waals surface area (Å²) in [6.07, 6.45) is 0.295. The summed E-state index contributed by atoms with van der Waals surface area (Å²) < 4.78 is 0.953. The Labute approximate surface area is 175 Å². The van der Waals surface area contributed by atoms with E-state index in [-0.39, 0.29) is 12.2 Å². The van der Waals surface area contributed by atoms with Crippen LogP contribution in [-0.2, 0) is 0 Å². The highest BCUT2D eigenvalue weighted by atomic mass is 32.1. The number of rotatable bonds is 6. The van der Waals surface area contributed by atoms with Crippen molar-refractivity contribution < 1.29 is 15.3 Å². The molecular formula is C20H23N5O4S. The molecule has 2 aliphatic rings. The van der Waals surface area contributed by atoms with Crippen LogP contribution in [0.1, 0.15) is 19.3 Å². The second-order valence-electron chi connectivity index (χ2n) is 7.95. The first-order valence-corrected chi connectivity index (χ1v) is 10.9. The molecule has 2 fully saturated rings. The number of para-hydroxylation sites is 1. The van der Waals surface area contributed by atoms with Crippen molar-refractivity contribution in [1.82, 2.24) is 15.0 Å². The van der Waals surface area contributed by atoms with Gasteiger partial charge in [0.25, 0.3) is 5.56 Å². The molecule has 0 radical (unpaired) electrons. The van der Waals surface area contributed by atoms with Gasteiger partial charge in [-0.05, 0) is 31.4 Å². The number of nitrogens with zero attached hydrogens (tertiary/aromatic N) is 2. The third-order valence-corrected chi connectivity index (χ3v) is 6.76. The Morgan fingerprint density at radius 2 is 1.93 bits per heavy atom. The Morgan fingerprint density at radius 3 is 2.63 bits per heavy atom. The van der Waals surface area contributed by atoms with E-state index in [1.54, 1.807) is 0 Å². The molecule has 4 atom stereocenters. The van der Waals surface area contributed by atoms with Crippen molar-refractivity contribution in [2.75, 3.05) is 17.2 Å². The van der Waals surface area contributed by atoms with E-state index in [9.17, 15) is 20.1 Å². The number of aromatic amines is 1. The molecule has 0 bridgehead atoms. The lowest BCUT2D eigenvalue weighted by Gasteiger charge is -2.20. The van der Waals surface area contributed by atoms with Gasteiger partial charge in [0, 0.05) is 18.6 Å². The fraction of sp³-hybridized carbons (Fsp3) is 0.450. The predicted octanol–water partition coefficient (Wildman–Crippen LogP) is 1.14. The molecule has 2 saturated carbocycles. The molecule has 0 spiro atoms. The summed E-state index contributed by atoms with van der Waals surface area (Å²) in [5, 5.41) is 36.9. The molecule has 0 saturated heterocycles. The molecule has 0 amide bonds. The van der Waals surface area contributed by atoms with Crippen LogP contribution in [0, 0.1) is 5.92 Å². The third kappa shape index (κ3) is 3.56. The van der Waals surface area contributed by atoms with Gasteiger partial charge in [0.1, 0.15) is 22.5 Å². The van der Waals surface area contributed by atoms with E-state index in [0.29, 0.717) is 34.8 Å². The molecule has 2 aromatic heterocycles. The SMILES string of the molecule is O=c1[nH]c(NC2CC2)nc(N[C@@H]2C[C@H](CO)[C@@H](O)[C@H]2O)c1-c1nc2ccccc2s1. The standard InChI is InChI=1S/C20H23N5O4S/c26-8-9-7-12(16(28)15(9)27)22-17-14(18(29)25-20(24-17)21-10-5-6-10)19-23-11-3-1-2-4-13(11)30-19/h1-4,9-10,12,15-16,26-28H,5-8H2,(H3,21,22,24,25,29)/t9-,12-,15-,16+/m1/s1. The predicted molar refractivity (Wildman–Crippen MR) is 115 cm³/mol. The van der Waals surface area contributed by atoms with Crippen LogP contribution in [0.4, 0.5) is 11.8 Å². The van der Waals surface area contributed by atoms with Crippen molar-refractivity contribution >= 4 is 33.3 Å². The molecule has 2 aliphatic carbocycles. The number of nitrogens with one attached hydrogen (secondary N) is 3. The number of H-pyrrole nitrogens is 1. The van der Waals surface area contributed by atoms with Crippen LogP contribution < -0.4 is 16.2 Å². The lowest BCUT2D eigenvalue weighted by molar-refractivity contribution is 0.00446. The lowest BCUT2D eigenvalue weighted by atomic mass is 10.1. The number of aliphatic hydroxyl groups excluding tert-OH is 3. The van der Waals surface area contributed by atoms with Crippen LogP contribution in [0.25, 0.3) is 20.8 Å². The number of benzene rings is 1. The van der Waals surface area contributed by atoms with Gasteiger partial charge in [-0.2, -0.15) is 4.98 Å². The van der Waals surface area contributed by atoms with Crippen molar-refractivity contribution in [3.8, 4) is 10.6 Å². The molecule has 6 N–H and O–H groups in total. The van der Waals surface area contributed by atoms with Crippen LogP contribution >= 0.6 is 11.3 Å². The monoisotopic (exact) mass is 429 g/mol. The van der Waals surface area contributed by atoms with Crippen LogP contribution in [0.5, 0.6) is 0 Å². The maximum absolute atomic E-state index is 13.0. The molecule has 9 nitrogen and oxygen atoms in total.